The Balaban J connectivity index is 1.62. The van der Waals surface area contributed by atoms with E-state index >= 15 is 0 Å². The molecule has 7 nitrogen and oxygen atoms in total. The number of fused-ring (bicyclic) bond motifs is 1. The summed E-state index contributed by atoms with van der Waals surface area (Å²) in [5, 5.41) is 13.5. The van der Waals surface area contributed by atoms with Gasteiger partial charge >= 0.3 is 5.97 Å². The molecule has 0 atom stereocenters. The normalized spacial score (nSPS) is 11.1. The van der Waals surface area contributed by atoms with E-state index in [1.807, 2.05) is 48.5 Å². The highest BCUT2D eigenvalue weighted by atomic mass is 79.9. The van der Waals surface area contributed by atoms with Gasteiger partial charge < -0.3 is 9.15 Å². The summed E-state index contributed by atoms with van der Waals surface area (Å²) in [6.45, 7) is 2.61. The SMILES string of the molecule is CCOC(=O)c1oc2ccc(Br)cc2c1CSc1nnnn1Cc1ccccc1. The van der Waals surface area contributed by atoms with Crippen molar-refractivity contribution >= 4 is 44.6 Å². The van der Waals surface area contributed by atoms with Crippen LogP contribution in [0.2, 0.25) is 0 Å². The molecule has 9 heteroatoms. The van der Waals surface area contributed by atoms with Crippen molar-refractivity contribution in [2.24, 2.45) is 0 Å². The van der Waals surface area contributed by atoms with Crippen LogP contribution in [0, 0.1) is 0 Å². The van der Waals surface area contributed by atoms with Gasteiger partial charge in [0.05, 0.1) is 13.2 Å². The van der Waals surface area contributed by atoms with Crippen LogP contribution in [0.1, 0.15) is 28.6 Å². The molecule has 4 rings (SSSR count). The van der Waals surface area contributed by atoms with E-state index < -0.39 is 5.97 Å². The topological polar surface area (TPSA) is 83.0 Å². The van der Waals surface area contributed by atoms with Crippen LogP contribution in [0.3, 0.4) is 0 Å². The fourth-order valence-electron chi connectivity index (χ4n) is 2.92. The first-order valence-corrected chi connectivity index (χ1v) is 10.7. The Hall–Kier alpha value is -2.65. The van der Waals surface area contributed by atoms with Crippen LogP contribution in [0.25, 0.3) is 11.0 Å². The van der Waals surface area contributed by atoms with Crippen molar-refractivity contribution in [1.82, 2.24) is 20.2 Å². The van der Waals surface area contributed by atoms with Crippen LogP contribution < -0.4 is 0 Å². The van der Waals surface area contributed by atoms with E-state index in [0.29, 0.717) is 23.0 Å². The van der Waals surface area contributed by atoms with E-state index in [-0.39, 0.29) is 12.4 Å². The van der Waals surface area contributed by atoms with Gasteiger partial charge in [0.15, 0.2) is 0 Å². The third-order valence-corrected chi connectivity index (χ3v) is 5.71. The Morgan fingerprint density at radius 1 is 1.24 bits per heavy atom. The molecule has 0 fully saturated rings. The molecule has 0 unspecified atom stereocenters. The molecule has 2 aromatic carbocycles. The lowest BCUT2D eigenvalue weighted by Gasteiger charge is -2.05. The molecule has 0 N–H and O–H groups in total. The lowest BCUT2D eigenvalue weighted by Crippen LogP contribution is -2.06. The molecule has 0 saturated carbocycles. The Bertz CT molecular complexity index is 1140. The zero-order valence-corrected chi connectivity index (χ0v) is 17.9. The number of benzene rings is 2. The summed E-state index contributed by atoms with van der Waals surface area (Å²) in [5.41, 5.74) is 2.50. The molecule has 0 radical (unpaired) electrons. The highest BCUT2D eigenvalue weighted by Gasteiger charge is 2.23. The minimum Gasteiger partial charge on any atom is -0.460 e. The molecular formula is C20H17BrN4O3S. The molecule has 0 aliphatic carbocycles. The number of thioether (sulfide) groups is 1. The Morgan fingerprint density at radius 3 is 2.86 bits per heavy atom. The Morgan fingerprint density at radius 2 is 2.07 bits per heavy atom. The number of esters is 1. The summed E-state index contributed by atoms with van der Waals surface area (Å²) >= 11 is 4.93. The molecule has 2 heterocycles. The average molecular weight is 473 g/mol. The first kappa shape index (κ1) is 19.7. The van der Waals surface area contributed by atoms with Crippen molar-refractivity contribution in [2.45, 2.75) is 24.4 Å². The van der Waals surface area contributed by atoms with Gasteiger partial charge in [0.1, 0.15) is 5.58 Å². The molecule has 2 aromatic heterocycles. The quantitative estimate of drug-likeness (QED) is 0.284. The van der Waals surface area contributed by atoms with Crippen LogP contribution in [-0.4, -0.2) is 32.8 Å². The molecular weight excluding hydrogens is 456 g/mol. The molecule has 0 amide bonds. The van der Waals surface area contributed by atoms with Crippen LogP contribution in [-0.2, 0) is 17.0 Å². The number of halogens is 1. The number of furan rings is 1. The molecule has 0 aliphatic heterocycles. The van der Waals surface area contributed by atoms with Gasteiger partial charge in [0, 0.05) is 21.2 Å². The minimum atomic E-state index is -0.473. The number of aromatic nitrogens is 4. The monoisotopic (exact) mass is 472 g/mol. The van der Waals surface area contributed by atoms with E-state index in [1.165, 1.54) is 11.8 Å². The average Bonchev–Trinajstić information content (AvgIpc) is 3.31. The largest absolute Gasteiger partial charge is 0.460 e. The first-order valence-electron chi connectivity index (χ1n) is 8.96. The third kappa shape index (κ3) is 4.35. The minimum absolute atomic E-state index is 0.217. The van der Waals surface area contributed by atoms with Crippen molar-refractivity contribution in [3.8, 4) is 0 Å². The van der Waals surface area contributed by atoms with E-state index in [1.54, 1.807) is 11.6 Å². The molecule has 0 spiro atoms. The van der Waals surface area contributed by atoms with Crippen molar-refractivity contribution in [1.29, 1.82) is 0 Å². The Labute approximate surface area is 179 Å². The second-order valence-corrected chi connectivity index (χ2v) is 8.02. The predicted molar refractivity (Wildman–Crippen MR) is 113 cm³/mol. The van der Waals surface area contributed by atoms with E-state index in [0.717, 1.165) is 21.0 Å². The Kier molecular flexibility index (Phi) is 5.96. The van der Waals surface area contributed by atoms with E-state index in [9.17, 15) is 4.79 Å². The van der Waals surface area contributed by atoms with Gasteiger partial charge in [0.2, 0.25) is 10.9 Å². The molecule has 0 aliphatic rings. The summed E-state index contributed by atoms with van der Waals surface area (Å²) in [7, 11) is 0. The van der Waals surface area contributed by atoms with Gasteiger partial charge in [-0.1, -0.05) is 58.0 Å². The number of rotatable bonds is 7. The van der Waals surface area contributed by atoms with Gasteiger partial charge in [-0.25, -0.2) is 9.48 Å². The molecule has 29 heavy (non-hydrogen) atoms. The van der Waals surface area contributed by atoms with E-state index in [2.05, 4.69) is 31.5 Å². The highest BCUT2D eigenvalue weighted by molar-refractivity contribution is 9.10. The molecule has 148 valence electrons. The maximum Gasteiger partial charge on any atom is 0.374 e. The van der Waals surface area contributed by atoms with Crippen molar-refractivity contribution in [2.75, 3.05) is 6.61 Å². The summed E-state index contributed by atoms with van der Waals surface area (Å²) in [6, 6.07) is 15.6. The van der Waals surface area contributed by atoms with Crippen molar-refractivity contribution in [3.63, 3.8) is 0 Å². The van der Waals surface area contributed by atoms with Gasteiger partial charge in [-0.05, 0) is 41.1 Å². The summed E-state index contributed by atoms with van der Waals surface area (Å²) in [6.07, 6.45) is 0. The fourth-order valence-corrected chi connectivity index (χ4v) is 4.18. The number of hydrogen-bond donors (Lipinski definition) is 0. The van der Waals surface area contributed by atoms with Crippen molar-refractivity contribution < 1.29 is 13.9 Å². The number of carbonyl (C=O) groups is 1. The maximum absolute atomic E-state index is 12.4. The molecule has 0 saturated heterocycles. The second-order valence-electron chi connectivity index (χ2n) is 6.16. The van der Waals surface area contributed by atoms with Gasteiger partial charge in [0.25, 0.3) is 0 Å². The van der Waals surface area contributed by atoms with Crippen LogP contribution in [0.4, 0.5) is 0 Å². The molecule has 4 aromatic rings. The zero-order valence-electron chi connectivity index (χ0n) is 15.5. The predicted octanol–water partition coefficient (Wildman–Crippen LogP) is 4.70. The third-order valence-electron chi connectivity index (χ3n) is 4.23. The number of hydrogen-bond acceptors (Lipinski definition) is 7. The van der Waals surface area contributed by atoms with Crippen molar-refractivity contribution in [3.05, 3.63) is 69.9 Å². The van der Waals surface area contributed by atoms with E-state index in [4.69, 9.17) is 9.15 Å². The smallest absolute Gasteiger partial charge is 0.374 e. The number of nitrogens with zero attached hydrogens (tertiary/aromatic N) is 4. The first-order chi connectivity index (χ1) is 14.2. The second kappa shape index (κ2) is 8.79. The van der Waals surface area contributed by atoms with Gasteiger partial charge in [-0.2, -0.15) is 0 Å². The van der Waals surface area contributed by atoms with Crippen LogP contribution >= 0.6 is 27.7 Å². The number of ether oxygens (including phenoxy) is 1. The van der Waals surface area contributed by atoms with Crippen LogP contribution in [0.5, 0.6) is 0 Å². The summed E-state index contributed by atoms with van der Waals surface area (Å²) in [4.78, 5) is 12.4. The number of tetrazole rings is 1. The zero-order chi connectivity index (χ0) is 20.2. The van der Waals surface area contributed by atoms with Gasteiger partial charge in [-0.15, -0.1) is 5.10 Å². The lowest BCUT2D eigenvalue weighted by molar-refractivity contribution is 0.0491. The number of carbonyl (C=O) groups excluding carboxylic acids is 1. The lowest BCUT2D eigenvalue weighted by atomic mass is 10.1. The summed E-state index contributed by atoms with van der Waals surface area (Å²) < 4.78 is 13.6. The summed E-state index contributed by atoms with van der Waals surface area (Å²) in [5.74, 6) is 0.209. The van der Waals surface area contributed by atoms with Gasteiger partial charge in [-0.3, -0.25) is 0 Å². The fraction of sp³-hybridized carbons (Fsp3) is 0.200. The highest BCUT2D eigenvalue weighted by Crippen LogP contribution is 2.33. The van der Waals surface area contributed by atoms with Crippen LogP contribution in [0.15, 0.2) is 62.6 Å². The standard InChI is InChI=1S/C20H17BrN4O3S/c1-2-27-19(26)18-16(15-10-14(21)8-9-17(15)28-18)12-29-20-22-23-24-25(20)11-13-6-4-3-5-7-13/h3-10H,2,11-12H2,1H3. The maximum atomic E-state index is 12.4. The molecule has 0 bridgehead atoms.